The lowest BCUT2D eigenvalue weighted by molar-refractivity contribution is -0.318. The maximum absolute atomic E-state index is 12.9. The van der Waals surface area contributed by atoms with Crippen molar-refractivity contribution in [3.8, 4) is 0 Å². The number of hydrogen-bond acceptors (Lipinski definition) is 12. The van der Waals surface area contributed by atoms with Crippen LogP contribution in [0.1, 0.15) is 80.0 Å². The van der Waals surface area contributed by atoms with Gasteiger partial charge in [-0.1, -0.05) is 70.2 Å². The van der Waals surface area contributed by atoms with Crippen LogP contribution in [0.5, 0.6) is 0 Å². The number of esters is 4. The SMILES string of the molecule is CCC(=O)OC[C@H]1O[C@@H](ONC(=O)/C=C/c2ccc(CNCCc3c(C)[nH]c4ccccc34)cc2)[C@H](OC(=O)CC)[C@@H](OC(=O)CC)C1OC(=O)CC.[HH].[HH].[HH]. The van der Waals surface area contributed by atoms with E-state index in [0.717, 1.165) is 29.6 Å². The van der Waals surface area contributed by atoms with Crippen molar-refractivity contribution in [1.29, 1.82) is 0 Å². The number of ether oxygens (including phenoxy) is 5. The summed E-state index contributed by atoms with van der Waals surface area (Å²) in [6.45, 7) is 9.44. The summed E-state index contributed by atoms with van der Waals surface area (Å²) in [5, 5.41) is 4.73. The summed E-state index contributed by atoms with van der Waals surface area (Å²) in [5.41, 5.74) is 7.71. The molecule has 4 rings (SSSR count). The van der Waals surface area contributed by atoms with Gasteiger partial charge in [-0.05, 0) is 48.7 Å². The zero-order chi connectivity index (χ0) is 38.3. The van der Waals surface area contributed by atoms with E-state index < -0.39 is 67.1 Å². The van der Waals surface area contributed by atoms with E-state index in [2.05, 4.69) is 34.8 Å². The predicted molar refractivity (Wildman–Crippen MR) is 200 cm³/mol. The Balaban J connectivity index is 0.00000523. The maximum Gasteiger partial charge on any atom is 0.306 e. The van der Waals surface area contributed by atoms with Crippen LogP contribution in [-0.2, 0) is 65.5 Å². The second-order valence-electron chi connectivity index (χ2n) is 12.4. The molecule has 53 heavy (non-hydrogen) atoms. The lowest BCUT2D eigenvalue weighted by Gasteiger charge is -2.43. The van der Waals surface area contributed by atoms with Gasteiger partial charge in [0, 0.05) is 59.2 Å². The number of para-hydroxylation sites is 1. The molecule has 0 spiro atoms. The van der Waals surface area contributed by atoms with Crippen molar-refractivity contribution >= 4 is 46.8 Å². The smallest absolute Gasteiger partial charge is 0.306 e. The molecule has 3 N–H and O–H groups in total. The highest BCUT2D eigenvalue weighted by Crippen LogP contribution is 2.30. The van der Waals surface area contributed by atoms with Crippen LogP contribution in [0.15, 0.2) is 54.6 Å². The predicted octanol–water partition coefficient (Wildman–Crippen LogP) is 5.25. The minimum atomic E-state index is -1.55. The van der Waals surface area contributed by atoms with E-state index in [9.17, 15) is 24.0 Å². The molecule has 0 saturated carbocycles. The molecule has 5 atom stereocenters. The number of H-pyrrole nitrogens is 1. The van der Waals surface area contributed by atoms with Crippen molar-refractivity contribution in [2.45, 2.75) is 104 Å². The van der Waals surface area contributed by atoms with Crippen LogP contribution in [0.4, 0.5) is 0 Å². The molecule has 0 radical (unpaired) electrons. The Hall–Kier alpha value is -5.05. The molecular weight excluding hydrogens is 686 g/mol. The van der Waals surface area contributed by atoms with Crippen LogP contribution in [-0.4, -0.2) is 78.6 Å². The number of carbonyl (C=O) groups excluding carboxylic acids is 5. The molecule has 1 aliphatic rings. The molecule has 1 unspecified atom stereocenters. The van der Waals surface area contributed by atoms with E-state index in [1.54, 1.807) is 33.8 Å². The molecule has 2 aromatic carbocycles. The van der Waals surface area contributed by atoms with Crippen molar-refractivity contribution in [2.75, 3.05) is 13.2 Å². The number of nitrogens with one attached hydrogen (secondary N) is 3. The number of carbonyl (C=O) groups is 5. The fraction of sp³-hybridized carbons (Fsp3) is 0.462. The van der Waals surface area contributed by atoms with Gasteiger partial charge in [0.15, 0.2) is 18.3 Å². The molecule has 14 nitrogen and oxygen atoms in total. The standard InChI is InChI=1S/C39H49N3O11.3H2/c1-6-32(44)48-23-30-36(50-33(45)7-2)37(51-34(46)8-3)38(52-35(47)9-4)39(49-30)53-42-31(43)19-18-25-14-16-26(17-15-25)22-40-21-20-27-24(5)41-29-13-11-10-12-28(27)29;;;/h10-19,30,36-41H,6-9,20-23H2,1-5H3,(H,42,43);3*1H/b19-18+;;;/t30-,36?,37+,38-,39+;;;/m1.../s1. The van der Waals surface area contributed by atoms with Crippen molar-refractivity contribution < 1.29 is 56.8 Å². The van der Waals surface area contributed by atoms with E-state index in [1.165, 1.54) is 22.7 Å². The molecular formula is C39H55N3O11. The first-order valence-corrected chi connectivity index (χ1v) is 18.0. The Morgan fingerprint density at radius 3 is 2.09 bits per heavy atom. The van der Waals surface area contributed by atoms with Crippen LogP contribution in [0.2, 0.25) is 0 Å². The summed E-state index contributed by atoms with van der Waals surface area (Å²) in [4.78, 5) is 71.3. The summed E-state index contributed by atoms with van der Waals surface area (Å²) in [6, 6.07) is 16.0. The Morgan fingerprint density at radius 2 is 1.43 bits per heavy atom. The number of amides is 1. The van der Waals surface area contributed by atoms with E-state index in [4.69, 9.17) is 28.5 Å². The molecule has 1 aromatic heterocycles. The Bertz CT molecular complexity index is 1750. The number of fused-ring (bicyclic) bond motifs is 1. The largest absolute Gasteiger partial charge is 0.463 e. The Morgan fingerprint density at radius 1 is 0.811 bits per heavy atom. The summed E-state index contributed by atoms with van der Waals surface area (Å²) >= 11 is 0. The third-order valence-corrected chi connectivity index (χ3v) is 8.55. The molecule has 1 aliphatic heterocycles. The summed E-state index contributed by atoms with van der Waals surface area (Å²) in [6.07, 6.45) is -3.33. The van der Waals surface area contributed by atoms with Crippen LogP contribution < -0.4 is 10.8 Å². The maximum atomic E-state index is 12.9. The molecule has 1 amide bonds. The quantitative estimate of drug-likeness (QED) is 0.0508. The lowest BCUT2D eigenvalue weighted by Crippen LogP contribution is -2.63. The van der Waals surface area contributed by atoms with Crippen molar-refractivity contribution in [3.63, 3.8) is 0 Å². The molecule has 3 aromatic rings. The van der Waals surface area contributed by atoms with Gasteiger partial charge in [-0.25, -0.2) is 10.3 Å². The number of hydrogen-bond donors (Lipinski definition) is 3. The monoisotopic (exact) mass is 741 g/mol. The van der Waals surface area contributed by atoms with Gasteiger partial charge >= 0.3 is 23.9 Å². The zero-order valence-electron chi connectivity index (χ0n) is 30.8. The van der Waals surface area contributed by atoms with Crippen molar-refractivity contribution in [3.05, 3.63) is 77.0 Å². The third kappa shape index (κ3) is 11.7. The molecule has 1 saturated heterocycles. The fourth-order valence-corrected chi connectivity index (χ4v) is 5.66. The average molecular weight is 742 g/mol. The number of rotatable bonds is 18. The number of hydroxylamine groups is 1. The van der Waals surface area contributed by atoms with Gasteiger partial charge in [0.05, 0.1) is 0 Å². The van der Waals surface area contributed by atoms with Crippen LogP contribution in [0.25, 0.3) is 17.0 Å². The van der Waals surface area contributed by atoms with Gasteiger partial charge in [-0.3, -0.25) is 24.0 Å². The van der Waals surface area contributed by atoms with Crippen LogP contribution >= 0.6 is 0 Å². The normalized spacial score (nSPS) is 19.8. The molecule has 0 bridgehead atoms. The second-order valence-corrected chi connectivity index (χ2v) is 12.4. The molecule has 14 heteroatoms. The third-order valence-electron chi connectivity index (χ3n) is 8.55. The van der Waals surface area contributed by atoms with E-state index in [1.807, 2.05) is 36.4 Å². The van der Waals surface area contributed by atoms with Gasteiger partial charge in [0.1, 0.15) is 12.7 Å². The second kappa shape index (κ2) is 20.3. The Labute approximate surface area is 313 Å². The molecule has 292 valence electrons. The molecule has 0 aliphatic carbocycles. The van der Waals surface area contributed by atoms with E-state index in [-0.39, 0.29) is 30.0 Å². The van der Waals surface area contributed by atoms with Gasteiger partial charge in [-0.2, -0.15) is 0 Å². The fourth-order valence-electron chi connectivity index (χ4n) is 5.66. The van der Waals surface area contributed by atoms with E-state index in [0.29, 0.717) is 6.54 Å². The molecule has 1 fully saturated rings. The van der Waals surface area contributed by atoms with Crippen molar-refractivity contribution in [2.24, 2.45) is 0 Å². The van der Waals surface area contributed by atoms with Crippen LogP contribution in [0.3, 0.4) is 0 Å². The number of aromatic nitrogens is 1. The van der Waals surface area contributed by atoms with Gasteiger partial charge < -0.3 is 34.0 Å². The van der Waals surface area contributed by atoms with Gasteiger partial charge in [0.25, 0.3) is 5.91 Å². The van der Waals surface area contributed by atoms with Gasteiger partial charge in [-0.15, -0.1) is 0 Å². The minimum absolute atomic E-state index is 0. The number of benzene rings is 2. The molecule has 2 heterocycles. The van der Waals surface area contributed by atoms with E-state index >= 15 is 0 Å². The van der Waals surface area contributed by atoms with Crippen LogP contribution in [0, 0.1) is 6.92 Å². The first-order valence-electron chi connectivity index (χ1n) is 18.0. The highest BCUT2D eigenvalue weighted by atomic mass is 16.8. The minimum Gasteiger partial charge on any atom is -0.463 e. The highest BCUT2D eigenvalue weighted by molar-refractivity contribution is 5.91. The topological polar surface area (TPSA) is 181 Å². The lowest BCUT2D eigenvalue weighted by atomic mass is 9.98. The average Bonchev–Trinajstić information content (AvgIpc) is 3.49. The number of aromatic amines is 1. The zero-order valence-corrected chi connectivity index (χ0v) is 30.8. The van der Waals surface area contributed by atoms with Gasteiger partial charge in [0.2, 0.25) is 6.29 Å². The summed E-state index contributed by atoms with van der Waals surface area (Å²) in [7, 11) is 0. The first kappa shape index (κ1) is 40.7. The Kier molecular flexibility index (Phi) is 15.6. The van der Waals surface area contributed by atoms with Crippen molar-refractivity contribution in [1.82, 2.24) is 15.8 Å². The highest BCUT2D eigenvalue weighted by Gasteiger charge is 2.53. The summed E-state index contributed by atoms with van der Waals surface area (Å²) in [5.74, 6) is -3.29. The number of aryl methyl sites for hydroxylation is 1. The first-order chi connectivity index (χ1) is 25.6. The summed E-state index contributed by atoms with van der Waals surface area (Å²) < 4.78 is 28.0.